The summed E-state index contributed by atoms with van der Waals surface area (Å²) in [6.45, 7) is 5.75. The van der Waals surface area contributed by atoms with Gasteiger partial charge in [0, 0.05) is 6.54 Å². The summed E-state index contributed by atoms with van der Waals surface area (Å²) >= 11 is 3.03. The Hall–Kier alpha value is -0.330. The third-order valence-electron chi connectivity index (χ3n) is 3.73. The summed E-state index contributed by atoms with van der Waals surface area (Å²) in [4.78, 5) is 2.50. The highest BCUT2D eigenvalue weighted by atomic mass is 32.2. The topological polar surface area (TPSA) is 38.3 Å². The second kappa shape index (κ2) is 5.75. The lowest BCUT2D eigenvalue weighted by Crippen LogP contribution is -2.52. The molecule has 4 rings (SSSR count). The number of aromatic nitrogens is 2. The fraction of sp³-hybridized carbons (Fsp3) is 0.833. The second-order valence-corrected chi connectivity index (χ2v) is 6.63. The van der Waals surface area contributed by atoms with Gasteiger partial charge in [0.05, 0.1) is 11.7 Å². The van der Waals surface area contributed by atoms with E-state index in [1.54, 1.807) is 11.8 Å². The van der Waals surface area contributed by atoms with Crippen LogP contribution in [0.2, 0.25) is 0 Å². The van der Waals surface area contributed by atoms with Gasteiger partial charge in [-0.05, 0) is 44.0 Å². The van der Waals surface area contributed by atoms with Gasteiger partial charge in [-0.25, -0.2) is 0 Å². The third-order valence-corrected chi connectivity index (χ3v) is 5.51. The van der Waals surface area contributed by atoms with Crippen LogP contribution in [0.25, 0.3) is 0 Å². The molecule has 0 spiro atoms. The van der Waals surface area contributed by atoms with E-state index in [0.717, 1.165) is 35.5 Å². The highest BCUT2D eigenvalue weighted by molar-refractivity contribution is 7.99. The van der Waals surface area contributed by atoms with Gasteiger partial charge in [-0.3, -0.25) is 4.90 Å². The predicted molar refractivity (Wildman–Crippen MR) is 74.5 cm³/mol. The first kappa shape index (κ1) is 12.7. The van der Waals surface area contributed by atoms with Crippen LogP contribution in [0.3, 0.4) is 0 Å². The van der Waals surface area contributed by atoms with Crippen LogP contribution in [0.15, 0.2) is 5.03 Å². The maximum absolute atomic E-state index is 6.13. The lowest BCUT2D eigenvalue weighted by Gasteiger charge is -2.44. The monoisotopic (exact) mass is 285 g/mol. The molecule has 100 valence electrons. The summed E-state index contributed by atoms with van der Waals surface area (Å²) in [6.07, 6.45) is 4.04. The summed E-state index contributed by atoms with van der Waals surface area (Å²) in [6, 6.07) is 0. The van der Waals surface area contributed by atoms with Crippen LogP contribution < -0.4 is 4.74 Å². The van der Waals surface area contributed by atoms with E-state index in [9.17, 15) is 0 Å². The number of thioether (sulfide) groups is 1. The summed E-state index contributed by atoms with van der Waals surface area (Å²) in [7, 11) is 0. The van der Waals surface area contributed by atoms with Crippen molar-refractivity contribution in [2.75, 3.05) is 25.4 Å². The molecule has 1 aromatic rings. The van der Waals surface area contributed by atoms with Gasteiger partial charge in [0.1, 0.15) is 6.10 Å². The van der Waals surface area contributed by atoms with Crippen molar-refractivity contribution in [3.05, 3.63) is 0 Å². The van der Waals surface area contributed by atoms with E-state index < -0.39 is 0 Å². The van der Waals surface area contributed by atoms with Gasteiger partial charge in [-0.2, -0.15) is 4.37 Å². The lowest BCUT2D eigenvalue weighted by molar-refractivity contribution is -0.0110. The lowest BCUT2D eigenvalue weighted by atomic mass is 9.86. The molecule has 0 saturated carbocycles. The summed E-state index contributed by atoms with van der Waals surface area (Å²) in [5, 5.41) is 0.985. The molecule has 3 aliphatic heterocycles. The molecular formula is C12H19N3OS2. The molecule has 18 heavy (non-hydrogen) atoms. The quantitative estimate of drug-likeness (QED) is 0.777. The molecule has 0 N–H and O–H groups in total. The van der Waals surface area contributed by atoms with Gasteiger partial charge < -0.3 is 4.74 Å². The molecule has 0 aliphatic carbocycles. The Bertz CT molecular complexity index is 390. The Kier molecular flexibility index (Phi) is 4.06. The van der Waals surface area contributed by atoms with Crippen molar-refractivity contribution in [2.45, 2.75) is 37.3 Å². The molecule has 3 saturated heterocycles. The van der Waals surface area contributed by atoms with E-state index in [4.69, 9.17) is 4.74 Å². The Morgan fingerprint density at radius 2 is 2.22 bits per heavy atom. The van der Waals surface area contributed by atoms with E-state index in [0.29, 0.717) is 6.10 Å². The smallest absolute Gasteiger partial charge is 0.260 e. The van der Waals surface area contributed by atoms with Crippen molar-refractivity contribution in [1.29, 1.82) is 0 Å². The normalized spacial score (nSPS) is 30.6. The molecule has 1 atom stereocenters. The van der Waals surface area contributed by atoms with Crippen molar-refractivity contribution in [2.24, 2.45) is 5.92 Å². The van der Waals surface area contributed by atoms with Crippen molar-refractivity contribution in [3.63, 3.8) is 0 Å². The summed E-state index contributed by atoms with van der Waals surface area (Å²) in [5.74, 6) is 2.58. The fourth-order valence-corrected chi connectivity index (χ4v) is 4.10. The van der Waals surface area contributed by atoms with Crippen molar-refractivity contribution in [1.82, 2.24) is 13.6 Å². The Morgan fingerprint density at radius 1 is 1.39 bits per heavy atom. The number of rotatable bonds is 5. The maximum Gasteiger partial charge on any atom is 0.260 e. The SMILES string of the molecule is CCCSc1nsnc1O[C@H]1CN2CCC1CC2. The number of hydrogen-bond acceptors (Lipinski definition) is 6. The van der Waals surface area contributed by atoms with Crippen LogP contribution in [0.5, 0.6) is 5.88 Å². The summed E-state index contributed by atoms with van der Waals surface area (Å²) in [5.41, 5.74) is 0. The highest BCUT2D eigenvalue weighted by Gasteiger charge is 2.36. The van der Waals surface area contributed by atoms with Crippen LogP contribution in [-0.4, -0.2) is 45.1 Å². The van der Waals surface area contributed by atoms with Gasteiger partial charge in [0.15, 0.2) is 5.03 Å². The van der Waals surface area contributed by atoms with E-state index in [1.807, 2.05) is 0 Å². The number of piperidine rings is 3. The van der Waals surface area contributed by atoms with E-state index in [-0.39, 0.29) is 0 Å². The second-order valence-electron chi connectivity index (χ2n) is 5.02. The highest BCUT2D eigenvalue weighted by Crippen LogP contribution is 2.33. The zero-order valence-electron chi connectivity index (χ0n) is 10.7. The molecular weight excluding hydrogens is 266 g/mol. The van der Waals surface area contributed by atoms with Crippen molar-refractivity contribution >= 4 is 23.5 Å². The Labute approximate surface area is 116 Å². The molecule has 3 fully saturated rings. The molecule has 0 radical (unpaired) electrons. The molecule has 6 heteroatoms. The molecule has 0 unspecified atom stereocenters. The van der Waals surface area contributed by atoms with Gasteiger partial charge in [-0.1, -0.05) is 18.7 Å². The Balaban J connectivity index is 1.63. The molecule has 0 aromatic carbocycles. The van der Waals surface area contributed by atoms with Crippen LogP contribution in [0.4, 0.5) is 0 Å². The minimum Gasteiger partial charge on any atom is -0.470 e. The Morgan fingerprint density at radius 3 is 2.89 bits per heavy atom. The van der Waals surface area contributed by atoms with Crippen molar-refractivity contribution < 1.29 is 4.74 Å². The molecule has 1 aromatic heterocycles. The average molecular weight is 285 g/mol. The van der Waals surface area contributed by atoms with Gasteiger partial charge in [0.2, 0.25) is 0 Å². The minimum absolute atomic E-state index is 0.331. The minimum atomic E-state index is 0.331. The molecule has 2 bridgehead atoms. The van der Waals surface area contributed by atoms with Crippen molar-refractivity contribution in [3.8, 4) is 5.88 Å². The number of nitrogens with zero attached hydrogens (tertiary/aromatic N) is 3. The van der Waals surface area contributed by atoms with E-state index in [2.05, 4.69) is 20.6 Å². The maximum atomic E-state index is 6.13. The number of ether oxygens (including phenoxy) is 1. The first-order valence-electron chi connectivity index (χ1n) is 6.71. The van der Waals surface area contributed by atoms with Crippen LogP contribution in [0, 0.1) is 5.92 Å². The predicted octanol–water partition coefficient (Wildman–Crippen LogP) is 2.51. The van der Waals surface area contributed by atoms with Gasteiger partial charge in [0.25, 0.3) is 5.88 Å². The summed E-state index contributed by atoms with van der Waals surface area (Å²) < 4.78 is 14.8. The molecule has 3 aliphatic rings. The fourth-order valence-electron chi connectivity index (χ4n) is 2.72. The zero-order chi connectivity index (χ0) is 12.4. The van der Waals surface area contributed by atoms with E-state index in [1.165, 1.54) is 37.7 Å². The number of hydrogen-bond donors (Lipinski definition) is 0. The number of fused-ring (bicyclic) bond motifs is 3. The van der Waals surface area contributed by atoms with Crippen LogP contribution in [-0.2, 0) is 0 Å². The first-order chi connectivity index (χ1) is 8.86. The third kappa shape index (κ3) is 2.65. The van der Waals surface area contributed by atoms with Crippen LogP contribution in [0.1, 0.15) is 26.2 Å². The molecule has 4 heterocycles. The van der Waals surface area contributed by atoms with Gasteiger partial charge in [-0.15, -0.1) is 4.37 Å². The standard InChI is InChI=1S/C12H19N3OS2/c1-2-7-17-12-11(13-18-14-12)16-10-8-15-5-3-9(10)4-6-15/h9-10H,2-8H2,1H3/t10-/m0/s1. The zero-order valence-corrected chi connectivity index (χ0v) is 12.3. The first-order valence-corrected chi connectivity index (χ1v) is 8.42. The molecule has 0 amide bonds. The largest absolute Gasteiger partial charge is 0.470 e. The van der Waals surface area contributed by atoms with Gasteiger partial charge >= 0.3 is 0 Å². The van der Waals surface area contributed by atoms with Crippen LogP contribution >= 0.6 is 23.5 Å². The van der Waals surface area contributed by atoms with E-state index >= 15 is 0 Å². The molecule has 4 nitrogen and oxygen atoms in total. The average Bonchev–Trinajstić information content (AvgIpc) is 2.85.